The van der Waals surface area contributed by atoms with Crippen LogP contribution in [0.25, 0.3) is 0 Å². The second-order valence-corrected chi connectivity index (χ2v) is 6.26. The van der Waals surface area contributed by atoms with Gasteiger partial charge in [0.25, 0.3) is 0 Å². The van der Waals surface area contributed by atoms with Crippen molar-refractivity contribution in [3.05, 3.63) is 48.0 Å². The lowest BCUT2D eigenvalue weighted by molar-refractivity contribution is -0.914. The molecule has 1 aliphatic heterocycles. The van der Waals surface area contributed by atoms with Gasteiger partial charge in [0.2, 0.25) is 0 Å². The summed E-state index contributed by atoms with van der Waals surface area (Å²) >= 11 is 0. The Morgan fingerprint density at radius 3 is 2.28 bits per heavy atom. The third-order valence-electron chi connectivity index (χ3n) is 4.82. The van der Waals surface area contributed by atoms with Gasteiger partial charge in [-0.15, -0.1) is 0 Å². The summed E-state index contributed by atoms with van der Waals surface area (Å²) in [5.41, 5.74) is 2.38. The topological polar surface area (TPSA) is 35.4 Å². The molecule has 1 saturated heterocycles. The van der Waals surface area contributed by atoms with E-state index in [0.717, 1.165) is 50.0 Å². The van der Waals surface area contributed by atoms with E-state index in [4.69, 9.17) is 14.2 Å². The van der Waals surface area contributed by atoms with E-state index in [1.807, 2.05) is 24.3 Å². The lowest BCUT2D eigenvalue weighted by Crippen LogP contribution is -3.13. The van der Waals surface area contributed by atoms with Crippen LogP contribution in [0.4, 0.5) is 5.69 Å². The van der Waals surface area contributed by atoms with Crippen molar-refractivity contribution in [1.29, 1.82) is 0 Å². The molecule has 3 rings (SSSR count). The largest absolute Gasteiger partial charge is 0.497 e. The Morgan fingerprint density at radius 2 is 1.60 bits per heavy atom. The Labute approximate surface area is 149 Å². The average molecular weight is 343 g/mol. The highest BCUT2D eigenvalue weighted by Gasteiger charge is 2.23. The Bertz CT molecular complexity index is 697. The van der Waals surface area contributed by atoms with Gasteiger partial charge < -0.3 is 24.0 Å². The van der Waals surface area contributed by atoms with Crippen molar-refractivity contribution >= 4 is 5.69 Å². The maximum Gasteiger partial charge on any atom is 0.142 e. The lowest BCUT2D eigenvalue weighted by atomic mass is 10.1. The van der Waals surface area contributed by atoms with Crippen LogP contribution in [0.15, 0.2) is 42.5 Å². The summed E-state index contributed by atoms with van der Waals surface area (Å²) < 4.78 is 16.4. The third-order valence-corrected chi connectivity index (χ3v) is 4.82. The third kappa shape index (κ3) is 3.99. The zero-order valence-corrected chi connectivity index (χ0v) is 15.2. The van der Waals surface area contributed by atoms with Crippen LogP contribution in [0.3, 0.4) is 0 Å². The SMILES string of the molecule is COc1ccc(OC)c(C[NH+]2CCN(c3ccccc3OC)CC2)c1. The molecule has 5 nitrogen and oxygen atoms in total. The van der Waals surface area contributed by atoms with Gasteiger partial charge in [0.15, 0.2) is 0 Å². The van der Waals surface area contributed by atoms with E-state index in [9.17, 15) is 0 Å². The quantitative estimate of drug-likeness (QED) is 0.865. The minimum Gasteiger partial charge on any atom is -0.497 e. The minimum absolute atomic E-state index is 0.878. The summed E-state index contributed by atoms with van der Waals surface area (Å²) in [5.74, 6) is 2.75. The maximum atomic E-state index is 5.51. The molecular formula is C20H27N2O3+. The molecule has 0 amide bonds. The molecule has 134 valence electrons. The molecule has 1 heterocycles. The van der Waals surface area contributed by atoms with Crippen molar-refractivity contribution in [3.63, 3.8) is 0 Å². The highest BCUT2D eigenvalue weighted by atomic mass is 16.5. The number of hydrogen-bond donors (Lipinski definition) is 1. The average Bonchev–Trinajstić information content (AvgIpc) is 2.68. The normalized spacial score (nSPS) is 15.1. The van der Waals surface area contributed by atoms with Crippen LogP contribution in [0.2, 0.25) is 0 Å². The van der Waals surface area contributed by atoms with Gasteiger partial charge in [0, 0.05) is 0 Å². The molecule has 2 aromatic carbocycles. The van der Waals surface area contributed by atoms with Gasteiger partial charge in [0.05, 0.1) is 58.8 Å². The molecule has 0 aromatic heterocycles. The van der Waals surface area contributed by atoms with Gasteiger partial charge in [0.1, 0.15) is 23.8 Å². The Hall–Kier alpha value is -2.40. The molecule has 0 aliphatic carbocycles. The monoisotopic (exact) mass is 343 g/mol. The van der Waals surface area contributed by atoms with Crippen molar-refractivity contribution in [2.75, 3.05) is 52.4 Å². The van der Waals surface area contributed by atoms with Crippen LogP contribution in [0.1, 0.15) is 5.56 Å². The highest BCUT2D eigenvalue weighted by Crippen LogP contribution is 2.27. The fraction of sp³-hybridized carbons (Fsp3) is 0.400. The number of nitrogens with one attached hydrogen (secondary N) is 1. The van der Waals surface area contributed by atoms with Gasteiger partial charge in [-0.3, -0.25) is 0 Å². The summed E-state index contributed by atoms with van der Waals surface area (Å²) in [6.45, 7) is 5.14. The van der Waals surface area contributed by atoms with E-state index in [2.05, 4.69) is 23.1 Å². The molecule has 0 saturated carbocycles. The van der Waals surface area contributed by atoms with E-state index in [1.165, 1.54) is 11.3 Å². The summed E-state index contributed by atoms with van der Waals surface area (Å²) in [6, 6.07) is 14.2. The van der Waals surface area contributed by atoms with Crippen LogP contribution in [-0.2, 0) is 6.54 Å². The van der Waals surface area contributed by atoms with Crippen molar-refractivity contribution in [2.45, 2.75) is 6.54 Å². The molecular weight excluding hydrogens is 316 g/mol. The molecule has 25 heavy (non-hydrogen) atoms. The van der Waals surface area contributed by atoms with Crippen molar-refractivity contribution in [1.82, 2.24) is 0 Å². The first-order valence-corrected chi connectivity index (χ1v) is 8.67. The molecule has 0 radical (unpaired) electrons. The number of anilines is 1. The summed E-state index contributed by atoms with van der Waals surface area (Å²) in [6.07, 6.45) is 0. The smallest absolute Gasteiger partial charge is 0.142 e. The second kappa shape index (κ2) is 8.12. The molecule has 0 atom stereocenters. The molecule has 0 spiro atoms. The van der Waals surface area contributed by atoms with E-state index in [1.54, 1.807) is 26.2 Å². The maximum absolute atomic E-state index is 5.51. The number of hydrogen-bond acceptors (Lipinski definition) is 4. The standard InChI is InChI=1S/C20H26N2O3/c1-23-17-8-9-19(24-2)16(14-17)15-21-10-12-22(13-11-21)18-6-4-5-7-20(18)25-3/h4-9,14H,10-13,15H2,1-3H3/p+1. The Morgan fingerprint density at radius 1 is 0.880 bits per heavy atom. The van der Waals surface area contributed by atoms with Gasteiger partial charge in [-0.2, -0.15) is 0 Å². The minimum atomic E-state index is 0.878. The first kappa shape index (κ1) is 17.4. The van der Waals surface area contributed by atoms with Crippen molar-refractivity contribution in [3.8, 4) is 17.2 Å². The first-order valence-electron chi connectivity index (χ1n) is 8.67. The number of piperazine rings is 1. The van der Waals surface area contributed by atoms with Crippen LogP contribution >= 0.6 is 0 Å². The summed E-state index contributed by atoms with van der Waals surface area (Å²) in [4.78, 5) is 3.96. The van der Waals surface area contributed by atoms with Crippen LogP contribution in [0, 0.1) is 0 Å². The number of quaternary nitrogens is 1. The van der Waals surface area contributed by atoms with Crippen LogP contribution in [0.5, 0.6) is 17.2 Å². The number of benzene rings is 2. The number of para-hydroxylation sites is 2. The fourth-order valence-electron chi connectivity index (χ4n) is 3.42. The molecule has 1 fully saturated rings. The van der Waals surface area contributed by atoms with Gasteiger partial charge >= 0.3 is 0 Å². The zero-order chi connectivity index (χ0) is 17.6. The molecule has 0 bridgehead atoms. The van der Waals surface area contributed by atoms with Crippen molar-refractivity contribution in [2.24, 2.45) is 0 Å². The molecule has 2 aromatic rings. The first-order chi connectivity index (χ1) is 12.2. The lowest BCUT2D eigenvalue weighted by Gasteiger charge is -2.34. The van der Waals surface area contributed by atoms with Crippen LogP contribution in [-0.4, -0.2) is 47.5 Å². The predicted molar refractivity (Wildman–Crippen MR) is 99.2 cm³/mol. The predicted octanol–water partition coefficient (Wildman–Crippen LogP) is 1.62. The fourth-order valence-corrected chi connectivity index (χ4v) is 3.42. The summed E-state index contributed by atoms with van der Waals surface area (Å²) in [7, 11) is 5.15. The number of nitrogens with zero attached hydrogens (tertiary/aromatic N) is 1. The Balaban J connectivity index is 1.65. The van der Waals surface area contributed by atoms with Gasteiger partial charge in [-0.25, -0.2) is 0 Å². The number of ether oxygens (including phenoxy) is 3. The second-order valence-electron chi connectivity index (χ2n) is 6.26. The molecule has 1 N–H and O–H groups in total. The van der Waals surface area contributed by atoms with E-state index >= 15 is 0 Å². The Kier molecular flexibility index (Phi) is 5.66. The van der Waals surface area contributed by atoms with E-state index in [-0.39, 0.29) is 0 Å². The molecule has 5 heteroatoms. The summed E-state index contributed by atoms with van der Waals surface area (Å²) in [5, 5.41) is 0. The highest BCUT2D eigenvalue weighted by molar-refractivity contribution is 5.58. The van der Waals surface area contributed by atoms with E-state index < -0.39 is 0 Å². The van der Waals surface area contributed by atoms with Crippen LogP contribution < -0.4 is 24.0 Å². The molecule has 1 aliphatic rings. The zero-order valence-electron chi connectivity index (χ0n) is 15.2. The number of rotatable bonds is 6. The van der Waals surface area contributed by atoms with Gasteiger partial charge in [-0.1, -0.05) is 12.1 Å². The van der Waals surface area contributed by atoms with E-state index in [0.29, 0.717) is 0 Å². The number of methoxy groups -OCH3 is 3. The van der Waals surface area contributed by atoms with Crippen molar-refractivity contribution < 1.29 is 19.1 Å². The van der Waals surface area contributed by atoms with Gasteiger partial charge in [-0.05, 0) is 30.3 Å². The molecule has 0 unspecified atom stereocenters.